The Hall–Kier alpha value is -2.21. The third-order valence-corrected chi connectivity index (χ3v) is 6.19. The molecule has 3 aliphatic heterocycles. The smallest absolute Gasteiger partial charge is 0.250 e. The zero-order valence-electron chi connectivity index (χ0n) is 16.7. The van der Waals surface area contributed by atoms with Crippen molar-refractivity contribution in [1.29, 1.82) is 0 Å². The highest BCUT2D eigenvalue weighted by Gasteiger charge is 2.71. The fraction of sp³-hybridized carbons (Fsp3) is 0.571. The quantitative estimate of drug-likeness (QED) is 0.744. The minimum Gasteiger partial charge on any atom is -0.324 e. The molecular weight excluding hydrogens is 342 g/mol. The van der Waals surface area contributed by atoms with Crippen LogP contribution < -0.4 is 10.6 Å². The lowest BCUT2D eigenvalue weighted by Gasteiger charge is -2.35. The second-order valence-corrected chi connectivity index (χ2v) is 9.41. The summed E-state index contributed by atoms with van der Waals surface area (Å²) in [6.07, 6.45) is 0. The highest BCUT2D eigenvalue weighted by molar-refractivity contribution is 6.15. The maximum Gasteiger partial charge on any atom is 0.250 e. The third-order valence-electron chi connectivity index (χ3n) is 6.19. The molecule has 2 saturated heterocycles. The molecule has 4 atom stereocenters. The summed E-state index contributed by atoms with van der Waals surface area (Å²) in [4.78, 5) is 41.4. The summed E-state index contributed by atoms with van der Waals surface area (Å²) in [5.74, 6) is -1.81. The SMILES string of the molecule is Cc1ccc2c(c1)[C@@]1(N[C@@H](C(C)C)[C@H]3C(=O)N(C(C)(C)C)C(=O)[C@H]31)C(=O)N2. The second kappa shape index (κ2) is 5.41. The average Bonchev–Trinajstić information content (AvgIpc) is 3.13. The predicted octanol–water partition coefficient (Wildman–Crippen LogP) is 2.17. The highest BCUT2D eigenvalue weighted by Crippen LogP contribution is 2.54. The number of nitrogens with one attached hydrogen (secondary N) is 2. The molecule has 2 N–H and O–H groups in total. The summed E-state index contributed by atoms with van der Waals surface area (Å²) in [7, 11) is 0. The Balaban J connectivity index is 1.95. The van der Waals surface area contributed by atoms with Gasteiger partial charge in [0.1, 0.15) is 5.54 Å². The topological polar surface area (TPSA) is 78.5 Å². The lowest BCUT2D eigenvalue weighted by Crippen LogP contribution is -2.56. The number of aryl methyl sites for hydroxylation is 1. The zero-order chi connectivity index (χ0) is 19.9. The lowest BCUT2D eigenvalue weighted by molar-refractivity contribution is -0.148. The van der Waals surface area contributed by atoms with Crippen molar-refractivity contribution in [3.8, 4) is 0 Å². The molecule has 0 aliphatic carbocycles. The van der Waals surface area contributed by atoms with Crippen molar-refractivity contribution in [3.05, 3.63) is 29.3 Å². The van der Waals surface area contributed by atoms with Crippen LogP contribution >= 0.6 is 0 Å². The number of hydrogen-bond donors (Lipinski definition) is 2. The highest BCUT2D eigenvalue weighted by atomic mass is 16.2. The number of imide groups is 1. The number of carbonyl (C=O) groups is 3. The number of likely N-dealkylation sites (tertiary alicyclic amines) is 1. The molecule has 6 heteroatoms. The first-order valence-electron chi connectivity index (χ1n) is 9.58. The Bertz CT molecular complexity index is 870. The standard InChI is InChI=1S/C21H27N3O3/c1-10(2)16-14-15(18(26)24(17(14)25)20(4,5)6)21(23-16)12-9-11(3)7-8-13(12)22-19(21)27/h7-10,14-16,23H,1-6H3,(H,22,27)/t14-,15-,16-,21-/m0/s1. The van der Waals surface area contributed by atoms with E-state index in [2.05, 4.69) is 10.6 Å². The van der Waals surface area contributed by atoms with Gasteiger partial charge in [-0.2, -0.15) is 0 Å². The van der Waals surface area contributed by atoms with Crippen LogP contribution in [0, 0.1) is 24.7 Å². The van der Waals surface area contributed by atoms with Gasteiger partial charge in [0.15, 0.2) is 0 Å². The maximum absolute atomic E-state index is 13.5. The van der Waals surface area contributed by atoms with E-state index < -0.39 is 22.9 Å². The number of amides is 3. The Morgan fingerprint density at radius 2 is 1.78 bits per heavy atom. The summed E-state index contributed by atoms with van der Waals surface area (Å²) in [6, 6.07) is 5.53. The number of carbonyl (C=O) groups excluding carboxylic acids is 3. The van der Waals surface area contributed by atoms with Crippen LogP contribution in [0.2, 0.25) is 0 Å². The molecule has 3 heterocycles. The van der Waals surface area contributed by atoms with Crippen molar-refractivity contribution in [2.45, 2.75) is 58.7 Å². The molecule has 0 saturated carbocycles. The molecule has 6 nitrogen and oxygen atoms in total. The third kappa shape index (κ3) is 2.19. The minimum atomic E-state index is -1.19. The average molecular weight is 369 g/mol. The molecule has 27 heavy (non-hydrogen) atoms. The van der Waals surface area contributed by atoms with Gasteiger partial charge in [0, 0.05) is 22.8 Å². The summed E-state index contributed by atoms with van der Waals surface area (Å²) in [5.41, 5.74) is 0.707. The molecule has 0 unspecified atom stereocenters. The van der Waals surface area contributed by atoms with Crippen molar-refractivity contribution >= 4 is 23.4 Å². The fourth-order valence-electron chi connectivity index (χ4n) is 5.08. The Morgan fingerprint density at radius 1 is 1.11 bits per heavy atom. The van der Waals surface area contributed by atoms with E-state index in [0.29, 0.717) is 0 Å². The molecule has 0 aromatic heterocycles. The van der Waals surface area contributed by atoms with Gasteiger partial charge in [0.2, 0.25) is 17.7 Å². The maximum atomic E-state index is 13.5. The Labute approximate surface area is 159 Å². The van der Waals surface area contributed by atoms with Gasteiger partial charge in [-0.1, -0.05) is 31.5 Å². The molecule has 1 spiro atoms. The number of benzene rings is 1. The van der Waals surface area contributed by atoms with E-state index in [4.69, 9.17) is 0 Å². The number of fused-ring (bicyclic) bond motifs is 4. The van der Waals surface area contributed by atoms with Gasteiger partial charge < -0.3 is 5.32 Å². The summed E-state index contributed by atoms with van der Waals surface area (Å²) in [6.45, 7) is 11.6. The summed E-state index contributed by atoms with van der Waals surface area (Å²) >= 11 is 0. The van der Waals surface area contributed by atoms with Crippen molar-refractivity contribution in [1.82, 2.24) is 10.2 Å². The molecule has 144 valence electrons. The predicted molar refractivity (Wildman–Crippen MR) is 102 cm³/mol. The van der Waals surface area contributed by atoms with Crippen LogP contribution in [0.4, 0.5) is 5.69 Å². The van der Waals surface area contributed by atoms with Crippen molar-refractivity contribution in [3.63, 3.8) is 0 Å². The van der Waals surface area contributed by atoms with Crippen molar-refractivity contribution in [2.24, 2.45) is 17.8 Å². The van der Waals surface area contributed by atoms with Gasteiger partial charge in [0.25, 0.3) is 0 Å². The second-order valence-electron chi connectivity index (χ2n) is 9.41. The molecule has 1 aromatic rings. The van der Waals surface area contributed by atoms with E-state index in [9.17, 15) is 14.4 Å². The molecule has 0 bridgehead atoms. The van der Waals surface area contributed by atoms with Gasteiger partial charge in [-0.25, -0.2) is 0 Å². The first kappa shape index (κ1) is 18.2. The summed E-state index contributed by atoms with van der Waals surface area (Å²) < 4.78 is 0. The molecule has 2 fully saturated rings. The first-order valence-corrected chi connectivity index (χ1v) is 9.58. The molecular formula is C21H27N3O3. The Morgan fingerprint density at radius 3 is 2.37 bits per heavy atom. The van der Waals surface area contributed by atoms with E-state index in [0.717, 1.165) is 16.8 Å². The minimum absolute atomic E-state index is 0.107. The fourth-order valence-corrected chi connectivity index (χ4v) is 5.08. The van der Waals surface area contributed by atoms with Crippen LogP contribution in [0.5, 0.6) is 0 Å². The van der Waals surface area contributed by atoms with Gasteiger partial charge in [-0.05, 0) is 39.7 Å². The van der Waals surface area contributed by atoms with Crippen LogP contribution in [-0.2, 0) is 19.9 Å². The van der Waals surface area contributed by atoms with Crippen molar-refractivity contribution in [2.75, 3.05) is 5.32 Å². The first-order chi connectivity index (χ1) is 12.5. The molecule has 4 rings (SSSR count). The number of hydrogen-bond acceptors (Lipinski definition) is 4. The van der Waals surface area contributed by atoms with Crippen molar-refractivity contribution < 1.29 is 14.4 Å². The molecule has 3 amide bonds. The zero-order valence-corrected chi connectivity index (χ0v) is 16.7. The molecule has 3 aliphatic rings. The van der Waals surface area contributed by atoms with Crippen LogP contribution in [0.1, 0.15) is 45.7 Å². The van der Waals surface area contributed by atoms with Gasteiger partial charge in [0.05, 0.1) is 11.8 Å². The van der Waals surface area contributed by atoms with Gasteiger partial charge >= 0.3 is 0 Å². The van der Waals surface area contributed by atoms with Crippen LogP contribution in [-0.4, -0.2) is 34.2 Å². The number of nitrogens with zero attached hydrogens (tertiary/aromatic N) is 1. The van der Waals surface area contributed by atoms with Gasteiger partial charge in [-0.3, -0.25) is 24.6 Å². The van der Waals surface area contributed by atoms with E-state index in [1.807, 2.05) is 59.7 Å². The Kier molecular flexibility index (Phi) is 3.64. The van der Waals surface area contributed by atoms with E-state index >= 15 is 0 Å². The van der Waals surface area contributed by atoms with E-state index in [1.165, 1.54) is 4.90 Å². The van der Waals surface area contributed by atoms with E-state index in [-0.39, 0.29) is 29.7 Å². The normalized spacial score (nSPS) is 32.5. The number of rotatable bonds is 1. The summed E-state index contributed by atoms with van der Waals surface area (Å²) in [5, 5.41) is 6.39. The largest absolute Gasteiger partial charge is 0.324 e. The van der Waals surface area contributed by atoms with E-state index in [1.54, 1.807) is 0 Å². The number of anilines is 1. The van der Waals surface area contributed by atoms with Crippen LogP contribution in [0.15, 0.2) is 18.2 Å². The van der Waals surface area contributed by atoms with Crippen LogP contribution in [0.3, 0.4) is 0 Å². The van der Waals surface area contributed by atoms with Crippen LogP contribution in [0.25, 0.3) is 0 Å². The monoisotopic (exact) mass is 369 g/mol. The van der Waals surface area contributed by atoms with Gasteiger partial charge in [-0.15, -0.1) is 0 Å². The molecule has 1 aromatic carbocycles. The lowest BCUT2D eigenvalue weighted by atomic mass is 9.75. The molecule has 0 radical (unpaired) electrons.